The molecule has 100 valence electrons. The maximum atomic E-state index is 13.6. The van der Waals surface area contributed by atoms with E-state index in [9.17, 15) is 4.39 Å². The first-order valence-electron chi connectivity index (χ1n) is 6.08. The molecule has 0 atom stereocenters. The first-order chi connectivity index (χ1) is 9.24. The maximum Gasteiger partial charge on any atom is 0.144 e. The molecule has 4 nitrogen and oxygen atoms in total. The third-order valence-electron chi connectivity index (χ3n) is 3.08. The number of hydrogen-bond donors (Lipinski definition) is 0. The van der Waals surface area contributed by atoms with Crippen LogP contribution in [0.15, 0.2) is 18.5 Å². The smallest absolute Gasteiger partial charge is 0.144 e. The van der Waals surface area contributed by atoms with Crippen molar-refractivity contribution in [2.45, 2.75) is 18.9 Å². The molecule has 2 heterocycles. The average Bonchev–Trinajstić information content (AvgIpc) is 2.39. The second kappa shape index (κ2) is 5.27. The van der Waals surface area contributed by atoms with E-state index in [2.05, 4.69) is 9.97 Å². The highest BCUT2D eigenvalue weighted by molar-refractivity contribution is 6.34. The quantitative estimate of drug-likeness (QED) is 0.794. The second-order valence-electron chi connectivity index (χ2n) is 4.39. The SMILES string of the molecule is Fc1cc(OC2CCOCC2)c2c(Cl)ncnc2c1. The van der Waals surface area contributed by atoms with E-state index in [4.69, 9.17) is 21.1 Å². The van der Waals surface area contributed by atoms with Crippen molar-refractivity contribution in [1.82, 2.24) is 9.97 Å². The Morgan fingerprint density at radius 3 is 2.84 bits per heavy atom. The number of ether oxygens (including phenoxy) is 2. The molecule has 0 radical (unpaired) electrons. The summed E-state index contributed by atoms with van der Waals surface area (Å²) in [6.45, 7) is 1.31. The van der Waals surface area contributed by atoms with Crippen LogP contribution in [0.2, 0.25) is 5.15 Å². The van der Waals surface area contributed by atoms with Crippen molar-refractivity contribution in [3.05, 3.63) is 29.4 Å². The number of nitrogens with zero attached hydrogens (tertiary/aromatic N) is 2. The first-order valence-corrected chi connectivity index (χ1v) is 6.46. The summed E-state index contributed by atoms with van der Waals surface area (Å²) in [5, 5.41) is 0.823. The van der Waals surface area contributed by atoms with Gasteiger partial charge in [-0.1, -0.05) is 11.6 Å². The zero-order valence-corrected chi connectivity index (χ0v) is 10.9. The summed E-state index contributed by atoms with van der Waals surface area (Å²) < 4.78 is 24.7. The van der Waals surface area contributed by atoms with Gasteiger partial charge >= 0.3 is 0 Å². The van der Waals surface area contributed by atoms with Crippen LogP contribution in [0, 0.1) is 5.82 Å². The summed E-state index contributed by atoms with van der Waals surface area (Å²) in [5.41, 5.74) is 0.446. The average molecular weight is 283 g/mol. The van der Waals surface area contributed by atoms with Gasteiger partial charge in [-0.2, -0.15) is 0 Å². The van der Waals surface area contributed by atoms with Crippen molar-refractivity contribution >= 4 is 22.5 Å². The molecule has 1 saturated heterocycles. The zero-order valence-electron chi connectivity index (χ0n) is 10.1. The third kappa shape index (κ3) is 2.62. The second-order valence-corrected chi connectivity index (χ2v) is 4.75. The van der Waals surface area contributed by atoms with E-state index in [1.807, 2.05) is 0 Å². The van der Waals surface area contributed by atoms with Gasteiger partial charge in [-0.15, -0.1) is 0 Å². The van der Waals surface area contributed by atoms with Gasteiger partial charge in [-0.25, -0.2) is 14.4 Å². The summed E-state index contributed by atoms with van der Waals surface area (Å²) in [7, 11) is 0. The van der Waals surface area contributed by atoms with E-state index in [1.54, 1.807) is 0 Å². The minimum Gasteiger partial charge on any atom is -0.489 e. The Morgan fingerprint density at radius 1 is 1.26 bits per heavy atom. The van der Waals surface area contributed by atoms with Crippen molar-refractivity contribution in [3.8, 4) is 5.75 Å². The van der Waals surface area contributed by atoms with Crippen molar-refractivity contribution in [2.24, 2.45) is 0 Å². The van der Waals surface area contributed by atoms with Gasteiger partial charge in [0.25, 0.3) is 0 Å². The van der Waals surface area contributed by atoms with Crippen molar-refractivity contribution in [3.63, 3.8) is 0 Å². The van der Waals surface area contributed by atoms with Crippen molar-refractivity contribution in [2.75, 3.05) is 13.2 Å². The van der Waals surface area contributed by atoms with E-state index in [0.29, 0.717) is 29.9 Å². The van der Waals surface area contributed by atoms with Crippen molar-refractivity contribution in [1.29, 1.82) is 0 Å². The van der Waals surface area contributed by atoms with Crippen LogP contribution in [0.3, 0.4) is 0 Å². The first kappa shape index (κ1) is 12.6. The van der Waals surface area contributed by atoms with Gasteiger partial charge in [0, 0.05) is 25.0 Å². The Kier molecular flexibility index (Phi) is 3.48. The normalized spacial score (nSPS) is 16.7. The summed E-state index contributed by atoms with van der Waals surface area (Å²) in [6, 6.07) is 2.65. The van der Waals surface area contributed by atoms with Gasteiger partial charge in [0.05, 0.1) is 24.1 Å². The highest BCUT2D eigenvalue weighted by Gasteiger charge is 2.18. The number of aromatic nitrogens is 2. The van der Waals surface area contributed by atoms with Crippen LogP contribution < -0.4 is 4.74 Å². The Labute approximate surface area is 114 Å². The molecular weight excluding hydrogens is 271 g/mol. The molecule has 2 aromatic rings. The maximum absolute atomic E-state index is 13.6. The Balaban J connectivity index is 2.01. The molecule has 19 heavy (non-hydrogen) atoms. The largest absolute Gasteiger partial charge is 0.489 e. The Bertz CT molecular complexity index is 602. The lowest BCUT2D eigenvalue weighted by molar-refractivity contribution is 0.0261. The highest BCUT2D eigenvalue weighted by atomic mass is 35.5. The van der Waals surface area contributed by atoms with Gasteiger partial charge in [0.2, 0.25) is 0 Å². The molecule has 1 aromatic heterocycles. The number of rotatable bonds is 2. The topological polar surface area (TPSA) is 44.2 Å². The number of benzene rings is 1. The molecule has 0 saturated carbocycles. The molecule has 1 fully saturated rings. The van der Waals surface area contributed by atoms with E-state index in [-0.39, 0.29) is 11.3 Å². The van der Waals surface area contributed by atoms with E-state index < -0.39 is 5.82 Å². The molecule has 1 aliphatic rings. The van der Waals surface area contributed by atoms with Crippen LogP contribution in [0.4, 0.5) is 4.39 Å². The fourth-order valence-electron chi connectivity index (χ4n) is 2.15. The number of hydrogen-bond acceptors (Lipinski definition) is 4. The van der Waals surface area contributed by atoms with Crippen LogP contribution in [-0.4, -0.2) is 29.3 Å². The third-order valence-corrected chi connectivity index (χ3v) is 3.37. The summed E-state index contributed by atoms with van der Waals surface area (Å²) in [5.74, 6) is -0.00294. The molecule has 1 aromatic carbocycles. The van der Waals surface area contributed by atoms with E-state index in [0.717, 1.165) is 12.8 Å². The van der Waals surface area contributed by atoms with Gasteiger partial charge < -0.3 is 9.47 Å². The monoisotopic (exact) mass is 282 g/mol. The van der Waals surface area contributed by atoms with Crippen LogP contribution in [0.25, 0.3) is 10.9 Å². The molecule has 0 N–H and O–H groups in total. The predicted molar refractivity (Wildman–Crippen MR) is 69.0 cm³/mol. The Hall–Kier alpha value is -1.46. The number of fused-ring (bicyclic) bond motifs is 1. The molecule has 0 unspecified atom stereocenters. The van der Waals surface area contributed by atoms with Gasteiger partial charge in [-0.3, -0.25) is 0 Å². The van der Waals surface area contributed by atoms with Gasteiger partial charge in [0.1, 0.15) is 29.2 Å². The molecule has 0 aliphatic carbocycles. The van der Waals surface area contributed by atoms with Crippen LogP contribution >= 0.6 is 11.6 Å². The number of halogens is 2. The lowest BCUT2D eigenvalue weighted by Gasteiger charge is -2.24. The molecule has 3 rings (SSSR count). The van der Waals surface area contributed by atoms with Crippen LogP contribution in [0.1, 0.15) is 12.8 Å². The molecule has 1 aliphatic heterocycles. The molecular formula is C13H12ClFN2O2. The molecule has 6 heteroatoms. The highest BCUT2D eigenvalue weighted by Crippen LogP contribution is 2.32. The fraction of sp³-hybridized carbons (Fsp3) is 0.385. The fourth-order valence-corrected chi connectivity index (χ4v) is 2.38. The van der Waals surface area contributed by atoms with Crippen LogP contribution in [-0.2, 0) is 4.74 Å². The minimum atomic E-state index is -0.399. The predicted octanol–water partition coefficient (Wildman–Crippen LogP) is 2.98. The summed E-state index contributed by atoms with van der Waals surface area (Å²) in [6.07, 6.45) is 2.88. The summed E-state index contributed by atoms with van der Waals surface area (Å²) >= 11 is 6.05. The lowest BCUT2D eigenvalue weighted by Crippen LogP contribution is -2.26. The standard InChI is InChI=1S/C13H12ClFN2O2/c14-13-12-10(16-7-17-13)5-8(15)6-11(12)19-9-1-3-18-4-2-9/h5-7,9H,1-4H2. The minimum absolute atomic E-state index is 0.00928. The van der Waals surface area contributed by atoms with E-state index >= 15 is 0 Å². The van der Waals surface area contributed by atoms with E-state index in [1.165, 1.54) is 18.5 Å². The Morgan fingerprint density at radius 2 is 2.05 bits per heavy atom. The lowest BCUT2D eigenvalue weighted by atomic mass is 10.1. The van der Waals surface area contributed by atoms with Gasteiger partial charge in [-0.05, 0) is 0 Å². The molecule has 0 amide bonds. The summed E-state index contributed by atoms with van der Waals surface area (Å²) in [4.78, 5) is 7.93. The molecule has 0 spiro atoms. The molecule has 0 bridgehead atoms. The van der Waals surface area contributed by atoms with Gasteiger partial charge in [0.15, 0.2) is 0 Å². The zero-order chi connectivity index (χ0) is 13.2. The van der Waals surface area contributed by atoms with Crippen LogP contribution in [0.5, 0.6) is 5.75 Å². The van der Waals surface area contributed by atoms with Crippen molar-refractivity contribution < 1.29 is 13.9 Å².